The molecular formula is C14H22BrNO2S. The molecule has 0 aliphatic rings. The lowest BCUT2D eigenvalue weighted by Gasteiger charge is -2.18. The van der Waals surface area contributed by atoms with E-state index < -0.39 is 9.84 Å². The molecule has 0 aliphatic heterocycles. The maximum absolute atomic E-state index is 11.3. The van der Waals surface area contributed by atoms with Crippen LogP contribution in [0, 0.1) is 0 Å². The van der Waals surface area contributed by atoms with Gasteiger partial charge in [0, 0.05) is 16.8 Å². The van der Waals surface area contributed by atoms with Crippen LogP contribution in [0.4, 0.5) is 0 Å². The van der Waals surface area contributed by atoms with Crippen LogP contribution in [-0.4, -0.2) is 33.0 Å². The van der Waals surface area contributed by atoms with Gasteiger partial charge in [0.05, 0.1) is 5.75 Å². The van der Waals surface area contributed by atoms with Gasteiger partial charge in [-0.3, -0.25) is 0 Å². The number of hydrogen-bond acceptors (Lipinski definition) is 3. The Bertz CT molecular complexity index is 488. The number of hydrogen-bond donors (Lipinski definition) is 1. The zero-order valence-corrected chi connectivity index (χ0v) is 13.9. The molecule has 0 saturated heterocycles. The van der Waals surface area contributed by atoms with Crippen LogP contribution in [0.15, 0.2) is 28.7 Å². The molecule has 19 heavy (non-hydrogen) atoms. The molecule has 1 aromatic rings. The highest BCUT2D eigenvalue weighted by Crippen LogP contribution is 2.14. The van der Waals surface area contributed by atoms with E-state index in [0.717, 1.165) is 23.9 Å². The van der Waals surface area contributed by atoms with Gasteiger partial charge in [0.1, 0.15) is 9.84 Å². The van der Waals surface area contributed by atoms with Crippen molar-refractivity contribution in [2.24, 2.45) is 0 Å². The summed E-state index contributed by atoms with van der Waals surface area (Å²) in [4.78, 5) is 0. The summed E-state index contributed by atoms with van der Waals surface area (Å²) in [6.45, 7) is 3.03. The predicted octanol–water partition coefficient (Wildman–Crippen LogP) is 2.79. The van der Waals surface area contributed by atoms with Gasteiger partial charge in [-0.25, -0.2) is 8.42 Å². The van der Waals surface area contributed by atoms with Crippen LogP contribution >= 0.6 is 15.9 Å². The largest absolute Gasteiger partial charge is 0.314 e. The second-order valence-corrected chi connectivity index (χ2v) is 8.08. The predicted molar refractivity (Wildman–Crippen MR) is 84.3 cm³/mol. The minimum Gasteiger partial charge on any atom is -0.314 e. The van der Waals surface area contributed by atoms with Crippen LogP contribution in [0.5, 0.6) is 0 Å². The smallest absolute Gasteiger partial charge is 0.147 e. The summed E-state index contributed by atoms with van der Waals surface area (Å²) in [7, 11) is -2.89. The minimum atomic E-state index is -2.89. The molecule has 0 heterocycles. The molecule has 0 bridgehead atoms. The fourth-order valence-electron chi connectivity index (χ4n) is 1.93. The monoisotopic (exact) mass is 347 g/mol. The van der Waals surface area contributed by atoms with Crippen LogP contribution in [0.1, 0.15) is 25.3 Å². The number of rotatable bonds is 8. The highest BCUT2D eigenvalue weighted by Gasteiger charge is 2.12. The lowest BCUT2D eigenvalue weighted by atomic mass is 10.0. The molecular weight excluding hydrogens is 326 g/mol. The second-order valence-electron chi connectivity index (χ2n) is 4.90. The van der Waals surface area contributed by atoms with Crippen LogP contribution in [0.2, 0.25) is 0 Å². The Kier molecular flexibility index (Phi) is 7.04. The summed E-state index contributed by atoms with van der Waals surface area (Å²) in [5.41, 5.74) is 1.22. The van der Waals surface area contributed by atoms with Crippen molar-refractivity contribution in [1.29, 1.82) is 0 Å². The molecule has 1 N–H and O–H groups in total. The van der Waals surface area contributed by atoms with Crippen molar-refractivity contribution < 1.29 is 8.42 Å². The summed E-state index contributed by atoms with van der Waals surface area (Å²) in [6, 6.07) is 8.37. The number of nitrogens with one attached hydrogen (secondary N) is 1. The first-order valence-electron chi connectivity index (χ1n) is 6.56. The molecule has 0 aromatic heterocycles. The van der Waals surface area contributed by atoms with E-state index in [1.807, 2.05) is 12.1 Å². The summed E-state index contributed by atoms with van der Waals surface area (Å²) in [5, 5.41) is 3.43. The van der Waals surface area contributed by atoms with Crippen molar-refractivity contribution in [3.05, 3.63) is 34.3 Å². The Hall–Kier alpha value is -0.390. The van der Waals surface area contributed by atoms with Crippen LogP contribution in [0.25, 0.3) is 0 Å². The fraction of sp³-hybridized carbons (Fsp3) is 0.571. The molecule has 1 rings (SSSR count). The molecule has 1 aromatic carbocycles. The lowest BCUT2D eigenvalue weighted by Crippen LogP contribution is -2.33. The quantitative estimate of drug-likeness (QED) is 0.786. The zero-order chi connectivity index (χ0) is 14.3. The van der Waals surface area contributed by atoms with E-state index in [1.165, 1.54) is 11.8 Å². The average Bonchev–Trinajstić information content (AvgIpc) is 2.31. The first-order chi connectivity index (χ1) is 8.90. The third kappa shape index (κ3) is 7.70. The van der Waals surface area contributed by atoms with Crippen molar-refractivity contribution >= 4 is 25.8 Å². The van der Waals surface area contributed by atoms with Gasteiger partial charge in [-0.1, -0.05) is 35.0 Å². The summed E-state index contributed by atoms with van der Waals surface area (Å²) in [6.07, 6.45) is 3.86. The number of benzene rings is 1. The standard InChI is InChI=1S/C14H22BrNO2S/c1-3-8-16-14(7-9-19(2,17)18)11-12-5-4-6-13(15)10-12/h4-6,10,14,16H,3,7-9,11H2,1-2H3. The van der Waals surface area contributed by atoms with Gasteiger partial charge in [0.25, 0.3) is 0 Å². The van der Waals surface area contributed by atoms with E-state index >= 15 is 0 Å². The van der Waals surface area contributed by atoms with Gasteiger partial charge in [-0.2, -0.15) is 0 Å². The van der Waals surface area contributed by atoms with E-state index in [-0.39, 0.29) is 11.8 Å². The molecule has 5 heteroatoms. The Morgan fingerprint density at radius 3 is 2.68 bits per heavy atom. The first-order valence-corrected chi connectivity index (χ1v) is 9.41. The van der Waals surface area contributed by atoms with Gasteiger partial charge >= 0.3 is 0 Å². The van der Waals surface area contributed by atoms with E-state index in [0.29, 0.717) is 6.42 Å². The van der Waals surface area contributed by atoms with E-state index in [1.54, 1.807) is 0 Å². The lowest BCUT2D eigenvalue weighted by molar-refractivity contribution is 0.491. The van der Waals surface area contributed by atoms with Crippen molar-refractivity contribution in [2.75, 3.05) is 18.6 Å². The SMILES string of the molecule is CCCNC(CCS(C)(=O)=O)Cc1cccc(Br)c1. The zero-order valence-electron chi connectivity index (χ0n) is 11.5. The Labute approximate surface area is 124 Å². The second kappa shape index (κ2) is 8.02. The third-order valence-electron chi connectivity index (χ3n) is 2.89. The van der Waals surface area contributed by atoms with Crippen molar-refractivity contribution in [2.45, 2.75) is 32.2 Å². The van der Waals surface area contributed by atoms with E-state index in [2.05, 4.69) is 40.3 Å². The highest BCUT2D eigenvalue weighted by molar-refractivity contribution is 9.10. The fourth-order valence-corrected chi connectivity index (χ4v) is 3.09. The van der Waals surface area contributed by atoms with Crippen LogP contribution < -0.4 is 5.32 Å². The molecule has 0 saturated carbocycles. The number of halogens is 1. The molecule has 3 nitrogen and oxygen atoms in total. The normalized spacial score (nSPS) is 13.4. The van der Waals surface area contributed by atoms with Gasteiger partial charge in [0.15, 0.2) is 0 Å². The molecule has 1 atom stereocenters. The Morgan fingerprint density at radius 2 is 2.11 bits per heavy atom. The van der Waals surface area contributed by atoms with Gasteiger partial charge < -0.3 is 5.32 Å². The molecule has 108 valence electrons. The van der Waals surface area contributed by atoms with Crippen LogP contribution in [0.3, 0.4) is 0 Å². The molecule has 1 unspecified atom stereocenters. The molecule has 0 amide bonds. The van der Waals surface area contributed by atoms with Gasteiger partial charge in [-0.15, -0.1) is 0 Å². The number of sulfone groups is 1. The average molecular weight is 348 g/mol. The minimum absolute atomic E-state index is 0.212. The van der Waals surface area contributed by atoms with E-state index in [4.69, 9.17) is 0 Å². The van der Waals surface area contributed by atoms with Crippen molar-refractivity contribution in [3.8, 4) is 0 Å². The van der Waals surface area contributed by atoms with Crippen molar-refractivity contribution in [3.63, 3.8) is 0 Å². The third-order valence-corrected chi connectivity index (χ3v) is 4.36. The van der Waals surface area contributed by atoms with Gasteiger partial charge in [0.2, 0.25) is 0 Å². The van der Waals surface area contributed by atoms with Crippen molar-refractivity contribution in [1.82, 2.24) is 5.32 Å². The molecule has 0 radical (unpaired) electrons. The van der Waals surface area contributed by atoms with Gasteiger partial charge in [-0.05, 0) is 43.5 Å². The Morgan fingerprint density at radius 1 is 1.37 bits per heavy atom. The highest BCUT2D eigenvalue weighted by atomic mass is 79.9. The maximum Gasteiger partial charge on any atom is 0.147 e. The maximum atomic E-state index is 11.3. The first kappa shape index (κ1) is 16.7. The summed E-state index contributed by atoms with van der Waals surface area (Å²) < 4.78 is 23.6. The van der Waals surface area contributed by atoms with E-state index in [9.17, 15) is 8.42 Å². The van der Waals surface area contributed by atoms with Crippen LogP contribution in [-0.2, 0) is 16.3 Å². The molecule has 0 aliphatic carbocycles. The Balaban J connectivity index is 2.63. The topological polar surface area (TPSA) is 46.2 Å². The molecule has 0 fully saturated rings. The summed E-state index contributed by atoms with van der Waals surface area (Å²) >= 11 is 3.46. The molecule has 0 spiro atoms. The summed E-state index contributed by atoms with van der Waals surface area (Å²) in [5.74, 6) is 0.238.